The highest BCUT2D eigenvalue weighted by Crippen LogP contribution is 2.22. The highest BCUT2D eigenvalue weighted by molar-refractivity contribution is 5.32. The van der Waals surface area contributed by atoms with Crippen LogP contribution in [0.15, 0.2) is 6.07 Å². The monoisotopic (exact) mass is 251 g/mol. The van der Waals surface area contributed by atoms with Crippen LogP contribution in [0.3, 0.4) is 0 Å². The second kappa shape index (κ2) is 6.54. The van der Waals surface area contributed by atoms with E-state index in [2.05, 4.69) is 9.97 Å². The first-order valence-electron chi connectivity index (χ1n) is 6.57. The third-order valence-electron chi connectivity index (χ3n) is 3.13. The Labute approximate surface area is 108 Å². The molecule has 5 nitrogen and oxygen atoms in total. The Morgan fingerprint density at radius 1 is 1.22 bits per heavy atom. The standard InChI is InChI=1S/C13H21N3O2/c1-17-9-12-15-11(14)8-13(16-12)18-10-6-4-2-3-5-7-10/h8,10H,2-7,9H2,1H3,(H2,14,15,16). The van der Waals surface area contributed by atoms with Crippen LogP contribution in [0, 0.1) is 0 Å². The second-order valence-electron chi connectivity index (χ2n) is 4.71. The van der Waals surface area contributed by atoms with Crippen LogP contribution in [0.2, 0.25) is 0 Å². The fraction of sp³-hybridized carbons (Fsp3) is 0.692. The molecule has 0 aromatic carbocycles. The lowest BCUT2D eigenvalue weighted by atomic mass is 10.1. The first-order valence-corrected chi connectivity index (χ1v) is 6.57. The summed E-state index contributed by atoms with van der Waals surface area (Å²) in [4.78, 5) is 8.41. The summed E-state index contributed by atoms with van der Waals surface area (Å²) < 4.78 is 10.9. The minimum Gasteiger partial charge on any atom is -0.474 e. The van der Waals surface area contributed by atoms with Crippen molar-refractivity contribution in [2.45, 2.75) is 51.2 Å². The van der Waals surface area contributed by atoms with Gasteiger partial charge in [0.05, 0.1) is 0 Å². The topological polar surface area (TPSA) is 70.3 Å². The van der Waals surface area contributed by atoms with Gasteiger partial charge in [-0.3, -0.25) is 0 Å². The quantitative estimate of drug-likeness (QED) is 0.831. The summed E-state index contributed by atoms with van der Waals surface area (Å²) in [6.07, 6.45) is 7.54. The molecule has 1 saturated carbocycles. The summed E-state index contributed by atoms with van der Waals surface area (Å²) in [6, 6.07) is 1.68. The summed E-state index contributed by atoms with van der Waals surface area (Å²) in [5, 5.41) is 0. The molecular weight excluding hydrogens is 230 g/mol. The van der Waals surface area contributed by atoms with E-state index in [-0.39, 0.29) is 6.10 Å². The smallest absolute Gasteiger partial charge is 0.219 e. The number of rotatable bonds is 4. The van der Waals surface area contributed by atoms with Crippen LogP contribution in [0.4, 0.5) is 5.82 Å². The number of nitrogens with zero attached hydrogens (tertiary/aromatic N) is 2. The Bertz CT molecular complexity index is 376. The molecule has 1 aromatic rings. The Hall–Kier alpha value is -1.36. The first kappa shape index (κ1) is 13.1. The zero-order valence-electron chi connectivity index (χ0n) is 10.9. The largest absolute Gasteiger partial charge is 0.474 e. The number of anilines is 1. The maximum atomic E-state index is 5.92. The average molecular weight is 251 g/mol. The van der Waals surface area contributed by atoms with Crippen molar-refractivity contribution in [3.8, 4) is 5.88 Å². The van der Waals surface area contributed by atoms with E-state index in [1.54, 1.807) is 13.2 Å². The van der Waals surface area contributed by atoms with Crippen molar-refractivity contribution in [2.24, 2.45) is 0 Å². The predicted molar refractivity (Wildman–Crippen MR) is 69.3 cm³/mol. The molecule has 0 atom stereocenters. The van der Waals surface area contributed by atoms with Gasteiger partial charge in [-0.15, -0.1) is 0 Å². The van der Waals surface area contributed by atoms with Crippen LogP contribution in [0.5, 0.6) is 5.88 Å². The molecule has 1 aliphatic carbocycles. The van der Waals surface area contributed by atoms with E-state index in [1.165, 1.54) is 25.7 Å². The zero-order chi connectivity index (χ0) is 12.8. The summed E-state index contributed by atoms with van der Waals surface area (Å²) in [7, 11) is 1.61. The van der Waals surface area contributed by atoms with Crippen LogP contribution in [-0.2, 0) is 11.3 Å². The van der Waals surface area contributed by atoms with Crippen LogP contribution in [0.1, 0.15) is 44.3 Å². The first-order chi connectivity index (χ1) is 8.78. The lowest BCUT2D eigenvalue weighted by Gasteiger charge is -2.16. The molecule has 0 unspecified atom stereocenters. The zero-order valence-corrected chi connectivity index (χ0v) is 10.9. The van der Waals surface area contributed by atoms with E-state index >= 15 is 0 Å². The molecule has 1 fully saturated rings. The summed E-state index contributed by atoms with van der Waals surface area (Å²) in [6.45, 7) is 0.353. The number of nitrogen functional groups attached to an aromatic ring is 1. The molecule has 2 rings (SSSR count). The van der Waals surface area contributed by atoms with Gasteiger partial charge in [-0.1, -0.05) is 12.8 Å². The maximum Gasteiger partial charge on any atom is 0.219 e. The maximum absolute atomic E-state index is 5.92. The van der Waals surface area contributed by atoms with Crippen molar-refractivity contribution in [1.82, 2.24) is 9.97 Å². The van der Waals surface area contributed by atoms with Gasteiger partial charge in [0.15, 0.2) is 5.82 Å². The van der Waals surface area contributed by atoms with Gasteiger partial charge in [0.25, 0.3) is 0 Å². The van der Waals surface area contributed by atoms with Gasteiger partial charge in [0, 0.05) is 13.2 Å². The number of methoxy groups -OCH3 is 1. The molecule has 5 heteroatoms. The lowest BCUT2D eigenvalue weighted by Crippen LogP contribution is -2.16. The molecule has 0 amide bonds. The molecule has 1 heterocycles. The molecule has 100 valence electrons. The third-order valence-corrected chi connectivity index (χ3v) is 3.13. The van der Waals surface area contributed by atoms with Gasteiger partial charge in [0.2, 0.25) is 5.88 Å². The summed E-state index contributed by atoms with van der Waals surface area (Å²) >= 11 is 0. The number of hydrogen-bond donors (Lipinski definition) is 1. The number of aromatic nitrogens is 2. The van der Waals surface area contributed by atoms with Crippen molar-refractivity contribution in [1.29, 1.82) is 0 Å². The highest BCUT2D eigenvalue weighted by Gasteiger charge is 2.15. The molecule has 0 spiro atoms. The summed E-state index contributed by atoms with van der Waals surface area (Å²) in [5.41, 5.74) is 5.74. The molecule has 0 saturated heterocycles. The van der Waals surface area contributed by atoms with E-state index in [9.17, 15) is 0 Å². The fourth-order valence-corrected chi connectivity index (χ4v) is 2.28. The van der Waals surface area contributed by atoms with E-state index in [4.69, 9.17) is 15.2 Å². The van der Waals surface area contributed by atoms with Gasteiger partial charge in [-0.25, -0.2) is 4.98 Å². The van der Waals surface area contributed by atoms with Crippen molar-refractivity contribution in [3.05, 3.63) is 11.9 Å². The van der Waals surface area contributed by atoms with Crippen molar-refractivity contribution in [2.75, 3.05) is 12.8 Å². The molecule has 0 aliphatic heterocycles. The minimum atomic E-state index is 0.261. The van der Waals surface area contributed by atoms with Crippen LogP contribution in [0.25, 0.3) is 0 Å². The number of hydrogen-bond acceptors (Lipinski definition) is 5. The van der Waals surface area contributed by atoms with Gasteiger partial charge in [-0.05, 0) is 25.7 Å². The molecule has 0 bridgehead atoms. The molecule has 2 N–H and O–H groups in total. The SMILES string of the molecule is COCc1nc(N)cc(OC2CCCCCC2)n1. The van der Waals surface area contributed by atoms with E-state index in [1.807, 2.05) is 0 Å². The normalized spacial score (nSPS) is 17.4. The molecular formula is C13H21N3O2. The molecule has 1 aromatic heterocycles. The van der Waals surface area contributed by atoms with E-state index < -0.39 is 0 Å². The average Bonchev–Trinajstić information content (AvgIpc) is 2.57. The van der Waals surface area contributed by atoms with Gasteiger partial charge in [-0.2, -0.15) is 4.98 Å². The molecule has 1 aliphatic rings. The van der Waals surface area contributed by atoms with Gasteiger partial charge >= 0.3 is 0 Å². The van der Waals surface area contributed by atoms with Gasteiger partial charge < -0.3 is 15.2 Å². The Morgan fingerprint density at radius 2 is 1.94 bits per heavy atom. The third kappa shape index (κ3) is 3.84. The van der Waals surface area contributed by atoms with Crippen molar-refractivity contribution >= 4 is 5.82 Å². The van der Waals surface area contributed by atoms with E-state index in [0.717, 1.165) is 12.8 Å². The molecule has 0 radical (unpaired) electrons. The lowest BCUT2D eigenvalue weighted by molar-refractivity contribution is 0.164. The van der Waals surface area contributed by atoms with Crippen molar-refractivity contribution < 1.29 is 9.47 Å². The minimum absolute atomic E-state index is 0.261. The predicted octanol–water partition coefficient (Wildman–Crippen LogP) is 2.31. The van der Waals surface area contributed by atoms with Crippen LogP contribution in [-0.4, -0.2) is 23.2 Å². The Morgan fingerprint density at radius 3 is 2.61 bits per heavy atom. The summed E-state index contributed by atoms with van der Waals surface area (Å²) in [5.74, 6) is 1.57. The second-order valence-corrected chi connectivity index (χ2v) is 4.71. The van der Waals surface area contributed by atoms with E-state index in [0.29, 0.717) is 24.1 Å². The molecule has 18 heavy (non-hydrogen) atoms. The Balaban J connectivity index is 2.02. The Kier molecular flexibility index (Phi) is 4.75. The van der Waals surface area contributed by atoms with Gasteiger partial charge in [0.1, 0.15) is 18.5 Å². The van der Waals surface area contributed by atoms with Crippen LogP contribution >= 0.6 is 0 Å². The highest BCUT2D eigenvalue weighted by atomic mass is 16.5. The van der Waals surface area contributed by atoms with Crippen molar-refractivity contribution in [3.63, 3.8) is 0 Å². The number of ether oxygens (including phenoxy) is 2. The number of nitrogens with two attached hydrogens (primary N) is 1. The fourth-order valence-electron chi connectivity index (χ4n) is 2.28. The van der Waals surface area contributed by atoms with Crippen LogP contribution < -0.4 is 10.5 Å².